The van der Waals surface area contributed by atoms with Crippen LogP contribution < -0.4 is 10.2 Å². The summed E-state index contributed by atoms with van der Waals surface area (Å²) in [6.45, 7) is 3.47. The Morgan fingerprint density at radius 1 is 0.897 bits per heavy atom. The molecule has 1 aliphatic heterocycles. The number of carbonyl (C=O) groups excluding carboxylic acids is 1. The molecule has 3 aromatic carbocycles. The highest BCUT2D eigenvalue weighted by atomic mass is 16.5. The molecule has 0 unspecified atom stereocenters. The number of nitrogens with one attached hydrogen (secondary N) is 1. The maximum atomic E-state index is 12.3. The van der Waals surface area contributed by atoms with Crippen molar-refractivity contribution in [3.05, 3.63) is 101 Å². The highest BCUT2D eigenvalue weighted by molar-refractivity contribution is 5.94. The molecule has 0 fully saturated rings. The van der Waals surface area contributed by atoms with Crippen LogP contribution in [-0.4, -0.2) is 25.6 Å². The summed E-state index contributed by atoms with van der Waals surface area (Å²) in [5.41, 5.74) is 5.76. The highest BCUT2D eigenvalue weighted by Crippen LogP contribution is 2.28. The van der Waals surface area contributed by atoms with Crippen LogP contribution in [0.25, 0.3) is 0 Å². The van der Waals surface area contributed by atoms with Crippen LogP contribution in [0.5, 0.6) is 0 Å². The third kappa shape index (κ3) is 5.04. The lowest BCUT2D eigenvalue weighted by Gasteiger charge is -2.19. The second-order valence-electron chi connectivity index (χ2n) is 7.29. The number of rotatable bonds is 8. The number of ether oxygens (including phenoxy) is 1. The van der Waals surface area contributed by atoms with Crippen molar-refractivity contribution in [3.63, 3.8) is 0 Å². The smallest absolute Gasteiger partial charge is 0.251 e. The van der Waals surface area contributed by atoms with Gasteiger partial charge in [-0.3, -0.25) is 4.79 Å². The molecule has 4 heteroatoms. The fourth-order valence-electron chi connectivity index (χ4n) is 3.66. The first-order valence-corrected chi connectivity index (χ1v) is 10.1. The van der Waals surface area contributed by atoms with Crippen molar-refractivity contribution in [1.82, 2.24) is 5.32 Å². The molecule has 0 spiro atoms. The Balaban J connectivity index is 1.22. The maximum Gasteiger partial charge on any atom is 0.251 e. The molecule has 29 heavy (non-hydrogen) atoms. The van der Waals surface area contributed by atoms with E-state index in [1.54, 1.807) is 0 Å². The van der Waals surface area contributed by atoms with Gasteiger partial charge in [-0.1, -0.05) is 60.7 Å². The molecule has 0 saturated heterocycles. The number of benzene rings is 3. The maximum absolute atomic E-state index is 12.3. The van der Waals surface area contributed by atoms with E-state index in [9.17, 15) is 4.79 Å². The van der Waals surface area contributed by atoms with Crippen molar-refractivity contribution in [1.29, 1.82) is 0 Å². The fraction of sp³-hybridized carbons (Fsp3) is 0.240. The Hall–Kier alpha value is -3.11. The standard InChI is InChI=1S/C25H26N2O2/c28-25(26-15-17-29-19-21-6-2-1-3-7-21)23-12-10-20(11-13-23)18-27-16-14-22-8-4-5-9-24(22)27/h1-13H,14-19H2,(H,26,28). The highest BCUT2D eigenvalue weighted by Gasteiger charge is 2.18. The summed E-state index contributed by atoms with van der Waals surface area (Å²) < 4.78 is 5.61. The number of carbonyl (C=O) groups is 1. The van der Waals surface area contributed by atoms with Crippen LogP contribution in [0.4, 0.5) is 5.69 Å². The Labute approximate surface area is 172 Å². The van der Waals surface area contributed by atoms with Gasteiger partial charge in [0.25, 0.3) is 5.91 Å². The van der Waals surface area contributed by atoms with E-state index < -0.39 is 0 Å². The van der Waals surface area contributed by atoms with Crippen LogP contribution in [0.3, 0.4) is 0 Å². The minimum Gasteiger partial charge on any atom is -0.375 e. The van der Waals surface area contributed by atoms with Gasteiger partial charge in [-0.25, -0.2) is 0 Å². The largest absolute Gasteiger partial charge is 0.375 e. The molecule has 0 bridgehead atoms. The topological polar surface area (TPSA) is 41.6 Å². The quantitative estimate of drug-likeness (QED) is 0.590. The SMILES string of the molecule is O=C(NCCOCc1ccccc1)c1ccc(CN2CCc3ccccc32)cc1. The first-order valence-electron chi connectivity index (χ1n) is 10.1. The Bertz CT molecular complexity index is 939. The zero-order valence-corrected chi connectivity index (χ0v) is 16.5. The van der Waals surface area contributed by atoms with Gasteiger partial charge in [0.1, 0.15) is 0 Å². The van der Waals surface area contributed by atoms with Gasteiger partial charge in [0, 0.05) is 30.9 Å². The Morgan fingerprint density at radius 3 is 2.48 bits per heavy atom. The molecule has 1 N–H and O–H groups in total. The summed E-state index contributed by atoms with van der Waals surface area (Å²) in [6.07, 6.45) is 1.10. The predicted octanol–water partition coefficient (Wildman–Crippen LogP) is 4.20. The number of amides is 1. The summed E-state index contributed by atoms with van der Waals surface area (Å²) in [5.74, 6) is -0.0635. The van der Waals surface area contributed by atoms with E-state index >= 15 is 0 Å². The number of hydrogen-bond donors (Lipinski definition) is 1. The third-order valence-corrected chi connectivity index (χ3v) is 5.22. The number of anilines is 1. The van der Waals surface area contributed by atoms with Gasteiger partial charge in [0.2, 0.25) is 0 Å². The van der Waals surface area contributed by atoms with E-state index in [0.29, 0.717) is 25.3 Å². The van der Waals surface area contributed by atoms with Crippen LogP contribution in [0, 0.1) is 0 Å². The molecular weight excluding hydrogens is 360 g/mol. The molecule has 3 aromatic rings. The lowest BCUT2D eigenvalue weighted by atomic mass is 10.1. The molecule has 1 amide bonds. The summed E-state index contributed by atoms with van der Waals surface area (Å²) >= 11 is 0. The molecule has 0 saturated carbocycles. The summed E-state index contributed by atoms with van der Waals surface area (Å²) in [7, 11) is 0. The summed E-state index contributed by atoms with van der Waals surface area (Å²) in [5, 5.41) is 2.92. The van der Waals surface area contributed by atoms with E-state index in [1.165, 1.54) is 16.8 Å². The van der Waals surface area contributed by atoms with E-state index in [-0.39, 0.29) is 5.91 Å². The molecule has 0 atom stereocenters. The minimum absolute atomic E-state index is 0.0635. The van der Waals surface area contributed by atoms with E-state index in [0.717, 1.165) is 25.1 Å². The second-order valence-corrected chi connectivity index (χ2v) is 7.29. The lowest BCUT2D eigenvalue weighted by Crippen LogP contribution is -2.27. The Kier molecular flexibility index (Phi) is 6.22. The molecule has 4 rings (SSSR count). The first kappa shape index (κ1) is 19.2. The molecule has 0 radical (unpaired) electrons. The third-order valence-electron chi connectivity index (χ3n) is 5.22. The van der Waals surface area contributed by atoms with Crippen LogP contribution in [0.1, 0.15) is 27.0 Å². The average molecular weight is 386 g/mol. The number of fused-ring (bicyclic) bond motifs is 1. The number of hydrogen-bond acceptors (Lipinski definition) is 3. The normalized spacial score (nSPS) is 12.6. The molecule has 1 heterocycles. The van der Waals surface area contributed by atoms with E-state index in [1.807, 2.05) is 54.6 Å². The van der Waals surface area contributed by atoms with Crippen molar-refractivity contribution < 1.29 is 9.53 Å². The molecule has 1 aliphatic rings. The monoisotopic (exact) mass is 386 g/mol. The van der Waals surface area contributed by atoms with Gasteiger partial charge in [-0.05, 0) is 41.3 Å². The van der Waals surface area contributed by atoms with E-state index in [4.69, 9.17) is 4.74 Å². The zero-order valence-electron chi connectivity index (χ0n) is 16.5. The van der Waals surface area contributed by atoms with Gasteiger partial charge in [0.15, 0.2) is 0 Å². The molecule has 4 nitrogen and oxygen atoms in total. The van der Waals surface area contributed by atoms with Gasteiger partial charge in [-0.2, -0.15) is 0 Å². The minimum atomic E-state index is -0.0635. The second kappa shape index (κ2) is 9.39. The predicted molar refractivity (Wildman–Crippen MR) is 116 cm³/mol. The van der Waals surface area contributed by atoms with Crippen molar-refractivity contribution in [3.8, 4) is 0 Å². The molecule has 0 aromatic heterocycles. The Morgan fingerprint density at radius 2 is 1.66 bits per heavy atom. The van der Waals surface area contributed by atoms with Crippen molar-refractivity contribution in [2.75, 3.05) is 24.6 Å². The van der Waals surface area contributed by atoms with Gasteiger partial charge < -0.3 is 15.0 Å². The van der Waals surface area contributed by atoms with Crippen LogP contribution in [0.15, 0.2) is 78.9 Å². The van der Waals surface area contributed by atoms with Crippen molar-refractivity contribution in [2.24, 2.45) is 0 Å². The average Bonchev–Trinajstić information content (AvgIpc) is 3.17. The fourth-order valence-corrected chi connectivity index (χ4v) is 3.66. The summed E-state index contributed by atoms with van der Waals surface area (Å²) in [4.78, 5) is 14.7. The number of nitrogens with zero attached hydrogens (tertiary/aromatic N) is 1. The lowest BCUT2D eigenvalue weighted by molar-refractivity contribution is 0.0901. The van der Waals surface area contributed by atoms with Crippen molar-refractivity contribution >= 4 is 11.6 Å². The molecular formula is C25H26N2O2. The first-order chi connectivity index (χ1) is 14.3. The zero-order chi connectivity index (χ0) is 19.9. The molecule has 148 valence electrons. The summed E-state index contributed by atoms with van der Waals surface area (Å²) in [6, 6.07) is 26.5. The van der Waals surface area contributed by atoms with Gasteiger partial charge in [-0.15, -0.1) is 0 Å². The number of para-hydroxylation sites is 1. The van der Waals surface area contributed by atoms with E-state index in [2.05, 4.69) is 34.5 Å². The van der Waals surface area contributed by atoms with Crippen LogP contribution in [-0.2, 0) is 24.3 Å². The van der Waals surface area contributed by atoms with Crippen LogP contribution in [0.2, 0.25) is 0 Å². The van der Waals surface area contributed by atoms with Crippen molar-refractivity contribution in [2.45, 2.75) is 19.6 Å². The van der Waals surface area contributed by atoms with Crippen LogP contribution >= 0.6 is 0 Å². The van der Waals surface area contributed by atoms with Gasteiger partial charge in [0.05, 0.1) is 13.2 Å². The molecule has 0 aliphatic carbocycles. The van der Waals surface area contributed by atoms with Gasteiger partial charge >= 0.3 is 0 Å².